The number of carbonyl (C=O) groups excluding carboxylic acids is 1. The lowest BCUT2D eigenvalue weighted by molar-refractivity contribution is -0.131. The summed E-state index contributed by atoms with van der Waals surface area (Å²) < 4.78 is 18.6. The molecule has 5 nitrogen and oxygen atoms in total. The van der Waals surface area contributed by atoms with Crippen molar-refractivity contribution in [2.75, 3.05) is 13.1 Å². The minimum atomic E-state index is -0.296. The summed E-state index contributed by atoms with van der Waals surface area (Å²) in [5, 5.41) is 4.11. The van der Waals surface area contributed by atoms with E-state index in [1.807, 2.05) is 36.1 Å². The Bertz CT molecular complexity index is 951. The predicted octanol–water partition coefficient (Wildman–Crippen LogP) is 4.13. The summed E-state index contributed by atoms with van der Waals surface area (Å²) in [5.74, 6) is 0.932. The van der Waals surface area contributed by atoms with Crippen LogP contribution in [0.25, 0.3) is 11.4 Å². The van der Waals surface area contributed by atoms with Gasteiger partial charge in [-0.25, -0.2) is 4.39 Å². The van der Waals surface area contributed by atoms with Gasteiger partial charge >= 0.3 is 0 Å². The van der Waals surface area contributed by atoms with Crippen molar-refractivity contribution in [1.29, 1.82) is 0 Å². The van der Waals surface area contributed by atoms with Gasteiger partial charge in [-0.2, -0.15) is 4.98 Å². The van der Waals surface area contributed by atoms with Crippen molar-refractivity contribution in [3.63, 3.8) is 0 Å². The molecule has 1 atom stereocenters. The largest absolute Gasteiger partial charge is 0.342 e. The SMILES string of the molecule is Cc1ccc(-c2noc([C@H]3CCCN(C(=O)Cc4ccc(F)cc4)C3)n2)cc1. The zero-order valence-electron chi connectivity index (χ0n) is 15.8. The van der Waals surface area contributed by atoms with Gasteiger partial charge < -0.3 is 9.42 Å². The lowest BCUT2D eigenvalue weighted by atomic mass is 9.97. The Morgan fingerprint density at radius 1 is 1.18 bits per heavy atom. The van der Waals surface area contributed by atoms with E-state index in [1.165, 1.54) is 17.7 Å². The van der Waals surface area contributed by atoms with Gasteiger partial charge in [-0.05, 0) is 37.5 Å². The zero-order chi connectivity index (χ0) is 19.5. The standard InChI is InChI=1S/C22H22FN3O2/c1-15-4-8-17(9-5-15)21-24-22(28-25-21)18-3-2-12-26(14-18)20(27)13-16-6-10-19(23)11-7-16/h4-11,18H,2-3,12-14H2,1H3/t18-/m0/s1. The van der Waals surface area contributed by atoms with Crippen molar-refractivity contribution in [3.8, 4) is 11.4 Å². The molecule has 0 aliphatic carbocycles. The van der Waals surface area contributed by atoms with Crippen LogP contribution in [0.4, 0.5) is 4.39 Å². The Hall–Kier alpha value is -3.02. The molecule has 0 unspecified atom stereocenters. The Morgan fingerprint density at radius 3 is 2.68 bits per heavy atom. The Labute approximate surface area is 163 Å². The number of aryl methyl sites for hydroxylation is 1. The van der Waals surface area contributed by atoms with E-state index in [9.17, 15) is 9.18 Å². The van der Waals surface area contributed by atoms with E-state index in [0.29, 0.717) is 18.3 Å². The highest BCUT2D eigenvalue weighted by Gasteiger charge is 2.28. The maximum absolute atomic E-state index is 13.0. The smallest absolute Gasteiger partial charge is 0.231 e. The van der Waals surface area contributed by atoms with Gasteiger partial charge in [0.1, 0.15) is 5.82 Å². The van der Waals surface area contributed by atoms with Crippen LogP contribution in [0.3, 0.4) is 0 Å². The van der Waals surface area contributed by atoms with Gasteiger partial charge in [-0.15, -0.1) is 0 Å². The van der Waals surface area contributed by atoms with Gasteiger partial charge in [0.05, 0.1) is 12.3 Å². The van der Waals surface area contributed by atoms with Crippen LogP contribution in [0.2, 0.25) is 0 Å². The molecule has 0 N–H and O–H groups in total. The summed E-state index contributed by atoms with van der Waals surface area (Å²) in [5.41, 5.74) is 2.91. The Kier molecular flexibility index (Phi) is 5.19. The highest BCUT2D eigenvalue weighted by molar-refractivity contribution is 5.79. The molecular weight excluding hydrogens is 357 g/mol. The third-order valence-electron chi connectivity index (χ3n) is 5.14. The van der Waals surface area contributed by atoms with Crippen LogP contribution in [-0.2, 0) is 11.2 Å². The fourth-order valence-corrected chi connectivity index (χ4v) is 3.51. The average Bonchev–Trinajstić information content (AvgIpc) is 3.21. The van der Waals surface area contributed by atoms with E-state index in [0.717, 1.165) is 30.5 Å². The van der Waals surface area contributed by atoms with E-state index in [4.69, 9.17) is 4.52 Å². The molecule has 1 saturated heterocycles. The number of benzene rings is 2. The lowest BCUT2D eigenvalue weighted by Gasteiger charge is -2.31. The van der Waals surface area contributed by atoms with Gasteiger partial charge in [-0.1, -0.05) is 47.1 Å². The van der Waals surface area contributed by atoms with Crippen molar-refractivity contribution in [1.82, 2.24) is 15.0 Å². The molecule has 3 aromatic rings. The highest BCUT2D eigenvalue weighted by Crippen LogP contribution is 2.28. The number of hydrogen-bond donors (Lipinski definition) is 0. The number of hydrogen-bond acceptors (Lipinski definition) is 4. The second kappa shape index (κ2) is 7.92. The van der Waals surface area contributed by atoms with Crippen LogP contribution < -0.4 is 0 Å². The maximum Gasteiger partial charge on any atom is 0.231 e. The number of nitrogens with zero attached hydrogens (tertiary/aromatic N) is 3. The fraction of sp³-hybridized carbons (Fsp3) is 0.318. The summed E-state index contributed by atoms with van der Waals surface area (Å²) in [4.78, 5) is 19.1. The molecule has 6 heteroatoms. The normalized spacial score (nSPS) is 16.9. The number of halogens is 1. The number of aromatic nitrogens is 2. The minimum absolute atomic E-state index is 0.0366. The first-order valence-electron chi connectivity index (χ1n) is 9.51. The van der Waals surface area contributed by atoms with Crippen molar-refractivity contribution < 1.29 is 13.7 Å². The van der Waals surface area contributed by atoms with Gasteiger partial charge in [0.25, 0.3) is 0 Å². The molecule has 1 fully saturated rings. The molecule has 28 heavy (non-hydrogen) atoms. The topological polar surface area (TPSA) is 59.2 Å². The summed E-state index contributed by atoms with van der Waals surface area (Å²) in [7, 11) is 0. The number of rotatable bonds is 4. The predicted molar refractivity (Wildman–Crippen MR) is 103 cm³/mol. The zero-order valence-corrected chi connectivity index (χ0v) is 15.8. The highest BCUT2D eigenvalue weighted by atomic mass is 19.1. The molecule has 2 heterocycles. The van der Waals surface area contributed by atoms with Crippen LogP contribution in [0.1, 0.15) is 35.8 Å². The fourth-order valence-electron chi connectivity index (χ4n) is 3.51. The first-order valence-corrected chi connectivity index (χ1v) is 9.51. The van der Waals surface area contributed by atoms with Gasteiger partial charge in [0, 0.05) is 18.7 Å². The second-order valence-electron chi connectivity index (χ2n) is 7.30. The molecule has 1 amide bonds. The number of carbonyl (C=O) groups is 1. The molecule has 0 radical (unpaired) electrons. The molecule has 4 rings (SSSR count). The van der Waals surface area contributed by atoms with Crippen LogP contribution in [0.15, 0.2) is 53.1 Å². The quantitative estimate of drug-likeness (QED) is 0.684. The number of piperidine rings is 1. The Balaban J connectivity index is 1.43. The minimum Gasteiger partial charge on any atom is -0.342 e. The average molecular weight is 379 g/mol. The van der Waals surface area contributed by atoms with E-state index in [1.54, 1.807) is 12.1 Å². The third kappa shape index (κ3) is 4.11. The van der Waals surface area contributed by atoms with Crippen molar-refractivity contribution in [2.45, 2.75) is 32.1 Å². The van der Waals surface area contributed by atoms with E-state index < -0.39 is 0 Å². The van der Waals surface area contributed by atoms with Gasteiger partial charge in [0.15, 0.2) is 0 Å². The first-order chi connectivity index (χ1) is 13.6. The lowest BCUT2D eigenvalue weighted by Crippen LogP contribution is -2.40. The maximum atomic E-state index is 13.0. The van der Waals surface area contributed by atoms with Crippen LogP contribution in [0, 0.1) is 12.7 Å². The van der Waals surface area contributed by atoms with E-state index >= 15 is 0 Å². The molecular formula is C22H22FN3O2. The summed E-state index contributed by atoms with van der Waals surface area (Å²) in [6, 6.07) is 14.1. The molecule has 0 saturated carbocycles. The van der Waals surface area contributed by atoms with Crippen LogP contribution >= 0.6 is 0 Å². The van der Waals surface area contributed by atoms with E-state index in [-0.39, 0.29) is 24.1 Å². The summed E-state index contributed by atoms with van der Waals surface area (Å²) in [6.45, 7) is 3.32. The van der Waals surface area contributed by atoms with E-state index in [2.05, 4.69) is 10.1 Å². The molecule has 0 spiro atoms. The third-order valence-corrected chi connectivity index (χ3v) is 5.14. The molecule has 144 valence electrons. The van der Waals surface area contributed by atoms with Gasteiger partial charge in [0.2, 0.25) is 17.6 Å². The molecule has 1 aliphatic rings. The van der Waals surface area contributed by atoms with Crippen molar-refractivity contribution in [3.05, 3.63) is 71.4 Å². The summed E-state index contributed by atoms with van der Waals surface area (Å²) in [6.07, 6.45) is 2.07. The van der Waals surface area contributed by atoms with Crippen molar-refractivity contribution >= 4 is 5.91 Å². The van der Waals surface area contributed by atoms with Crippen molar-refractivity contribution in [2.24, 2.45) is 0 Å². The second-order valence-corrected chi connectivity index (χ2v) is 7.30. The Morgan fingerprint density at radius 2 is 1.93 bits per heavy atom. The number of likely N-dealkylation sites (tertiary alicyclic amines) is 1. The molecule has 2 aromatic carbocycles. The van der Waals surface area contributed by atoms with Crippen LogP contribution in [-0.4, -0.2) is 34.0 Å². The molecule has 1 aromatic heterocycles. The summed E-state index contributed by atoms with van der Waals surface area (Å²) >= 11 is 0. The number of amides is 1. The van der Waals surface area contributed by atoms with Gasteiger partial charge in [-0.3, -0.25) is 4.79 Å². The van der Waals surface area contributed by atoms with Crippen LogP contribution in [0.5, 0.6) is 0 Å². The molecule has 0 bridgehead atoms. The molecule has 1 aliphatic heterocycles. The monoisotopic (exact) mass is 379 g/mol. The first kappa shape index (κ1) is 18.3.